The first kappa shape index (κ1) is 18.9. The van der Waals surface area contributed by atoms with Gasteiger partial charge < -0.3 is 19.2 Å². The predicted octanol–water partition coefficient (Wildman–Crippen LogP) is 4.74. The molecule has 0 atom stereocenters. The summed E-state index contributed by atoms with van der Waals surface area (Å²) in [7, 11) is 0. The van der Waals surface area contributed by atoms with E-state index in [2.05, 4.69) is 15.5 Å². The lowest BCUT2D eigenvalue weighted by molar-refractivity contribution is 0.102. The minimum Gasteiger partial charge on any atom is -0.486 e. The van der Waals surface area contributed by atoms with E-state index in [0.717, 1.165) is 16.7 Å². The van der Waals surface area contributed by atoms with Crippen molar-refractivity contribution in [3.63, 3.8) is 0 Å². The lowest BCUT2D eigenvalue weighted by atomic mass is 10.1. The second-order valence-electron chi connectivity index (χ2n) is 7.17. The fourth-order valence-corrected chi connectivity index (χ4v) is 3.32. The number of benzene rings is 3. The van der Waals surface area contributed by atoms with Gasteiger partial charge in [-0.05, 0) is 55.5 Å². The highest BCUT2D eigenvalue weighted by molar-refractivity contribution is 6.04. The van der Waals surface area contributed by atoms with Gasteiger partial charge in [-0.15, -0.1) is 10.2 Å². The monoisotopic (exact) mass is 413 g/mol. The first-order chi connectivity index (χ1) is 15.2. The Morgan fingerprint density at radius 3 is 2.35 bits per heavy atom. The van der Waals surface area contributed by atoms with Crippen LogP contribution in [0.4, 0.5) is 5.69 Å². The number of hydrogen-bond acceptors (Lipinski definition) is 6. The van der Waals surface area contributed by atoms with Crippen molar-refractivity contribution in [2.75, 3.05) is 18.5 Å². The lowest BCUT2D eigenvalue weighted by Crippen LogP contribution is -2.16. The molecule has 1 aromatic heterocycles. The molecule has 0 saturated heterocycles. The molecule has 0 bridgehead atoms. The van der Waals surface area contributed by atoms with Crippen LogP contribution in [-0.2, 0) is 0 Å². The number of nitrogens with zero attached hydrogens (tertiary/aromatic N) is 2. The number of aromatic nitrogens is 2. The van der Waals surface area contributed by atoms with Gasteiger partial charge >= 0.3 is 0 Å². The van der Waals surface area contributed by atoms with Crippen LogP contribution in [-0.4, -0.2) is 29.3 Å². The van der Waals surface area contributed by atoms with E-state index >= 15 is 0 Å². The van der Waals surface area contributed by atoms with Gasteiger partial charge in [0.1, 0.15) is 13.2 Å². The molecule has 0 unspecified atom stereocenters. The van der Waals surface area contributed by atoms with Crippen LogP contribution in [0, 0.1) is 6.92 Å². The number of nitrogens with one attached hydrogen (secondary N) is 1. The minimum atomic E-state index is -0.228. The summed E-state index contributed by atoms with van der Waals surface area (Å²) < 4.78 is 16.9. The molecule has 1 aliphatic heterocycles. The van der Waals surface area contributed by atoms with Gasteiger partial charge in [-0.3, -0.25) is 4.79 Å². The Bertz CT molecular complexity index is 1250. The van der Waals surface area contributed by atoms with Crippen LogP contribution in [0.25, 0.3) is 22.9 Å². The van der Waals surface area contributed by atoms with Crippen molar-refractivity contribution in [1.82, 2.24) is 10.2 Å². The molecule has 3 aromatic carbocycles. The second kappa shape index (κ2) is 7.95. The Morgan fingerprint density at radius 1 is 0.839 bits per heavy atom. The van der Waals surface area contributed by atoms with Gasteiger partial charge in [0.2, 0.25) is 11.8 Å². The summed E-state index contributed by atoms with van der Waals surface area (Å²) >= 11 is 0. The summed E-state index contributed by atoms with van der Waals surface area (Å²) in [4.78, 5) is 12.6. The number of carbonyl (C=O) groups is 1. The molecular formula is C24H19N3O4. The Balaban J connectivity index is 1.30. The molecule has 7 heteroatoms. The van der Waals surface area contributed by atoms with E-state index in [9.17, 15) is 4.79 Å². The Hall–Kier alpha value is -4.13. The molecular weight excluding hydrogens is 394 g/mol. The minimum absolute atomic E-state index is 0.228. The average Bonchev–Trinajstić information content (AvgIpc) is 3.29. The maximum absolute atomic E-state index is 12.6. The lowest BCUT2D eigenvalue weighted by Gasteiger charge is -2.19. The van der Waals surface area contributed by atoms with Gasteiger partial charge in [-0.2, -0.15) is 0 Å². The Morgan fingerprint density at radius 2 is 1.58 bits per heavy atom. The van der Waals surface area contributed by atoms with Crippen molar-refractivity contribution in [3.8, 4) is 34.4 Å². The molecule has 2 heterocycles. The number of carbonyl (C=O) groups excluding carboxylic acids is 1. The third kappa shape index (κ3) is 3.98. The Labute approximate surface area is 178 Å². The topological polar surface area (TPSA) is 86.5 Å². The highest BCUT2D eigenvalue weighted by atomic mass is 16.6. The third-order valence-electron chi connectivity index (χ3n) is 4.88. The first-order valence-electron chi connectivity index (χ1n) is 9.88. The number of anilines is 1. The summed E-state index contributed by atoms with van der Waals surface area (Å²) in [6, 6.07) is 20.2. The smallest absolute Gasteiger partial charge is 0.255 e. The molecule has 154 valence electrons. The normalized spacial score (nSPS) is 12.4. The zero-order valence-corrected chi connectivity index (χ0v) is 16.8. The van der Waals surface area contributed by atoms with E-state index in [4.69, 9.17) is 13.9 Å². The number of fused-ring (bicyclic) bond motifs is 1. The molecule has 0 radical (unpaired) electrons. The van der Waals surface area contributed by atoms with Crippen molar-refractivity contribution in [2.45, 2.75) is 6.92 Å². The van der Waals surface area contributed by atoms with E-state index < -0.39 is 0 Å². The molecule has 0 fully saturated rings. The van der Waals surface area contributed by atoms with Gasteiger partial charge in [-0.1, -0.05) is 17.7 Å². The van der Waals surface area contributed by atoms with Gasteiger partial charge in [0, 0.05) is 28.4 Å². The SMILES string of the molecule is Cc1cccc(-c2nnc(-c3ccc(C(=O)Nc4ccc5c(c4)OCCO5)cc3)o2)c1. The predicted molar refractivity (Wildman–Crippen MR) is 115 cm³/mol. The maximum Gasteiger partial charge on any atom is 0.255 e. The van der Waals surface area contributed by atoms with Crippen molar-refractivity contribution < 1.29 is 18.7 Å². The van der Waals surface area contributed by atoms with Gasteiger partial charge in [-0.25, -0.2) is 0 Å². The largest absolute Gasteiger partial charge is 0.486 e. The van der Waals surface area contributed by atoms with Crippen molar-refractivity contribution in [3.05, 3.63) is 77.9 Å². The van der Waals surface area contributed by atoms with Crippen LogP contribution in [0.3, 0.4) is 0 Å². The van der Waals surface area contributed by atoms with Gasteiger partial charge in [0.25, 0.3) is 5.91 Å². The average molecular weight is 413 g/mol. The molecule has 0 aliphatic carbocycles. The zero-order chi connectivity index (χ0) is 21.2. The van der Waals surface area contributed by atoms with Crippen LogP contribution in [0.5, 0.6) is 11.5 Å². The standard InChI is InChI=1S/C24H19N3O4/c1-15-3-2-4-18(13-15)24-27-26-23(31-24)17-7-5-16(6-8-17)22(28)25-19-9-10-20-21(14-19)30-12-11-29-20/h2-10,13-14H,11-12H2,1H3,(H,25,28). The number of amides is 1. The maximum atomic E-state index is 12.6. The van der Waals surface area contributed by atoms with E-state index in [-0.39, 0.29) is 5.91 Å². The van der Waals surface area contributed by atoms with E-state index in [1.807, 2.05) is 31.2 Å². The zero-order valence-electron chi connectivity index (χ0n) is 16.8. The molecule has 4 aromatic rings. The molecule has 31 heavy (non-hydrogen) atoms. The molecule has 1 amide bonds. The molecule has 1 N–H and O–H groups in total. The molecule has 0 saturated carbocycles. The fraction of sp³-hybridized carbons (Fsp3) is 0.125. The molecule has 1 aliphatic rings. The number of aryl methyl sites for hydroxylation is 1. The van der Waals surface area contributed by atoms with Gasteiger partial charge in [0.05, 0.1) is 0 Å². The second-order valence-corrected chi connectivity index (χ2v) is 7.17. The summed E-state index contributed by atoms with van der Waals surface area (Å²) in [5.74, 6) is 1.93. The fourth-order valence-electron chi connectivity index (χ4n) is 3.32. The van der Waals surface area contributed by atoms with Gasteiger partial charge in [0.15, 0.2) is 11.5 Å². The number of ether oxygens (including phenoxy) is 2. The van der Waals surface area contributed by atoms with Crippen LogP contribution in [0.15, 0.2) is 71.1 Å². The van der Waals surface area contributed by atoms with Crippen LogP contribution in [0.2, 0.25) is 0 Å². The summed E-state index contributed by atoms with van der Waals surface area (Å²) in [6.45, 7) is 3.03. The highest BCUT2D eigenvalue weighted by Crippen LogP contribution is 2.32. The van der Waals surface area contributed by atoms with Crippen LogP contribution >= 0.6 is 0 Å². The molecule has 5 rings (SSSR count). The van der Waals surface area contributed by atoms with Crippen molar-refractivity contribution in [1.29, 1.82) is 0 Å². The quantitative estimate of drug-likeness (QED) is 0.520. The van der Waals surface area contributed by atoms with E-state index in [1.165, 1.54) is 0 Å². The first-order valence-corrected chi connectivity index (χ1v) is 9.88. The van der Waals surface area contributed by atoms with Crippen molar-refractivity contribution >= 4 is 11.6 Å². The van der Waals surface area contributed by atoms with Crippen LogP contribution < -0.4 is 14.8 Å². The van der Waals surface area contributed by atoms with E-state index in [0.29, 0.717) is 47.7 Å². The highest BCUT2D eigenvalue weighted by Gasteiger charge is 2.15. The van der Waals surface area contributed by atoms with Crippen molar-refractivity contribution in [2.24, 2.45) is 0 Å². The molecule has 7 nitrogen and oxygen atoms in total. The summed E-state index contributed by atoms with van der Waals surface area (Å²) in [5.41, 5.74) is 3.87. The number of rotatable bonds is 4. The summed E-state index contributed by atoms with van der Waals surface area (Å²) in [5, 5.41) is 11.1. The Kier molecular flexibility index (Phi) is 4.84. The van der Waals surface area contributed by atoms with E-state index in [1.54, 1.807) is 42.5 Å². The molecule has 0 spiro atoms. The number of hydrogen-bond donors (Lipinski definition) is 1. The third-order valence-corrected chi connectivity index (χ3v) is 4.88. The van der Waals surface area contributed by atoms with Crippen LogP contribution in [0.1, 0.15) is 15.9 Å². The summed E-state index contributed by atoms with van der Waals surface area (Å²) in [6.07, 6.45) is 0.